The number of ether oxygens (including phenoxy) is 1. The van der Waals surface area contributed by atoms with Crippen LogP contribution in [0.4, 0.5) is 0 Å². The highest BCUT2D eigenvalue weighted by molar-refractivity contribution is 14.0. The molecular formula is C19H30IN3O2S. The van der Waals surface area contributed by atoms with Crippen LogP contribution >= 0.6 is 35.3 Å². The van der Waals surface area contributed by atoms with Gasteiger partial charge in [0.25, 0.3) is 0 Å². The lowest BCUT2D eigenvalue weighted by atomic mass is 10.2. The monoisotopic (exact) mass is 491 g/mol. The Bertz CT molecular complexity index is 586. The molecule has 0 aliphatic heterocycles. The van der Waals surface area contributed by atoms with E-state index < -0.39 is 0 Å². The molecule has 0 bridgehead atoms. The molecule has 5 nitrogen and oxygen atoms in total. The summed E-state index contributed by atoms with van der Waals surface area (Å²) in [5, 5.41) is 8.83. The van der Waals surface area contributed by atoms with Crippen LogP contribution in [0.15, 0.2) is 45.3 Å². The molecule has 0 aromatic carbocycles. The molecule has 0 fully saturated rings. The second-order valence-corrected chi connectivity index (χ2v) is 7.28. The molecule has 0 saturated heterocycles. The first-order valence-electron chi connectivity index (χ1n) is 8.88. The predicted molar refractivity (Wildman–Crippen MR) is 120 cm³/mol. The highest BCUT2D eigenvalue weighted by Crippen LogP contribution is 2.09. The number of hydrogen-bond donors (Lipinski definition) is 2. The number of rotatable bonds is 11. The van der Waals surface area contributed by atoms with Crippen molar-refractivity contribution in [3.63, 3.8) is 0 Å². The Morgan fingerprint density at radius 3 is 2.77 bits per heavy atom. The number of halogens is 1. The zero-order valence-corrected chi connectivity index (χ0v) is 18.7. The van der Waals surface area contributed by atoms with Gasteiger partial charge in [-0.25, -0.2) is 4.99 Å². The molecule has 2 rings (SSSR count). The van der Waals surface area contributed by atoms with E-state index in [4.69, 9.17) is 9.15 Å². The summed E-state index contributed by atoms with van der Waals surface area (Å²) in [7, 11) is 0. The lowest BCUT2D eigenvalue weighted by Crippen LogP contribution is -2.39. The molecule has 146 valence electrons. The molecule has 0 amide bonds. The standard InChI is InChI=1S/C19H29N3O2S.HI/c1-16(2)15-23-11-5-9-20-19(22-14-18-7-4-13-25-18)21-10-8-17-6-3-12-24-17;/h3-4,6-7,12-13,16H,5,8-11,14-15H2,1-2H3,(H2,20,21,22);1H. The van der Waals surface area contributed by atoms with Crippen LogP contribution in [0.1, 0.15) is 30.9 Å². The van der Waals surface area contributed by atoms with Gasteiger partial charge in [-0.05, 0) is 35.9 Å². The maximum Gasteiger partial charge on any atom is 0.191 e. The van der Waals surface area contributed by atoms with E-state index in [1.165, 1.54) is 4.88 Å². The first-order valence-corrected chi connectivity index (χ1v) is 9.76. The molecule has 2 aromatic heterocycles. The summed E-state index contributed by atoms with van der Waals surface area (Å²) in [5.74, 6) is 2.40. The van der Waals surface area contributed by atoms with E-state index in [0.717, 1.165) is 50.9 Å². The topological polar surface area (TPSA) is 58.8 Å². The minimum atomic E-state index is 0. The van der Waals surface area contributed by atoms with E-state index in [0.29, 0.717) is 12.5 Å². The molecule has 0 atom stereocenters. The Labute approximate surface area is 177 Å². The number of thiophene rings is 1. The fourth-order valence-electron chi connectivity index (χ4n) is 2.19. The zero-order valence-electron chi connectivity index (χ0n) is 15.6. The van der Waals surface area contributed by atoms with Gasteiger partial charge in [0.15, 0.2) is 5.96 Å². The van der Waals surface area contributed by atoms with Crippen LogP contribution in [0.2, 0.25) is 0 Å². The Morgan fingerprint density at radius 1 is 1.23 bits per heavy atom. The molecule has 0 aliphatic rings. The third-order valence-electron chi connectivity index (χ3n) is 3.43. The van der Waals surface area contributed by atoms with Crippen molar-refractivity contribution < 1.29 is 9.15 Å². The first-order chi connectivity index (χ1) is 12.2. The molecule has 0 saturated carbocycles. The number of furan rings is 1. The summed E-state index contributed by atoms with van der Waals surface area (Å²) in [6.45, 7) is 8.24. The van der Waals surface area contributed by atoms with Crippen LogP contribution in [-0.4, -0.2) is 32.3 Å². The van der Waals surface area contributed by atoms with Crippen molar-refractivity contribution in [2.75, 3.05) is 26.3 Å². The van der Waals surface area contributed by atoms with Crippen molar-refractivity contribution in [3.05, 3.63) is 46.5 Å². The van der Waals surface area contributed by atoms with Crippen LogP contribution in [0.25, 0.3) is 0 Å². The molecular weight excluding hydrogens is 461 g/mol. The number of hydrogen-bond acceptors (Lipinski definition) is 4. The molecule has 2 heterocycles. The van der Waals surface area contributed by atoms with Gasteiger partial charge in [-0.3, -0.25) is 0 Å². The maximum atomic E-state index is 5.61. The molecule has 0 aliphatic carbocycles. The highest BCUT2D eigenvalue weighted by Gasteiger charge is 2.01. The quantitative estimate of drug-likeness (QED) is 0.213. The average molecular weight is 491 g/mol. The normalized spacial score (nSPS) is 11.4. The Balaban J connectivity index is 0.00000338. The molecule has 7 heteroatoms. The van der Waals surface area contributed by atoms with Gasteiger partial charge in [-0.15, -0.1) is 35.3 Å². The van der Waals surface area contributed by atoms with Crippen molar-refractivity contribution in [1.82, 2.24) is 10.6 Å². The fraction of sp³-hybridized carbons (Fsp3) is 0.526. The minimum absolute atomic E-state index is 0. The van der Waals surface area contributed by atoms with E-state index in [2.05, 4.69) is 47.0 Å². The van der Waals surface area contributed by atoms with Crippen LogP contribution in [0, 0.1) is 5.92 Å². The molecule has 2 aromatic rings. The van der Waals surface area contributed by atoms with Crippen molar-refractivity contribution in [2.24, 2.45) is 10.9 Å². The van der Waals surface area contributed by atoms with Gasteiger partial charge in [0.05, 0.1) is 12.8 Å². The second-order valence-electron chi connectivity index (χ2n) is 6.25. The lowest BCUT2D eigenvalue weighted by molar-refractivity contribution is 0.108. The van der Waals surface area contributed by atoms with Crippen LogP contribution < -0.4 is 10.6 Å². The number of nitrogens with one attached hydrogen (secondary N) is 2. The van der Waals surface area contributed by atoms with Gasteiger partial charge >= 0.3 is 0 Å². The van der Waals surface area contributed by atoms with Gasteiger partial charge in [-0.2, -0.15) is 0 Å². The lowest BCUT2D eigenvalue weighted by Gasteiger charge is -2.12. The van der Waals surface area contributed by atoms with E-state index in [1.54, 1.807) is 17.6 Å². The van der Waals surface area contributed by atoms with Gasteiger partial charge in [0, 0.05) is 37.6 Å². The Hall–Kier alpha value is -1.06. The van der Waals surface area contributed by atoms with Gasteiger partial charge in [0.1, 0.15) is 5.76 Å². The summed E-state index contributed by atoms with van der Waals surface area (Å²) in [5.41, 5.74) is 0. The van der Waals surface area contributed by atoms with E-state index in [1.807, 2.05) is 12.1 Å². The maximum absolute atomic E-state index is 5.61. The Morgan fingerprint density at radius 2 is 2.08 bits per heavy atom. The van der Waals surface area contributed by atoms with Gasteiger partial charge in [-0.1, -0.05) is 19.9 Å². The molecule has 0 unspecified atom stereocenters. The van der Waals surface area contributed by atoms with E-state index in [9.17, 15) is 0 Å². The first kappa shape index (κ1) is 23.0. The molecule has 0 spiro atoms. The summed E-state index contributed by atoms with van der Waals surface area (Å²) >= 11 is 1.73. The summed E-state index contributed by atoms with van der Waals surface area (Å²) in [4.78, 5) is 5.92. The predicted octanol–water partition coefficient (Wildman–Crippen LogP) is 4.30. The third-order valence-corrected chi connectivity index (χ3v) is 4.29. The average Bonchev–Trinajstić information content (AvgIpc) is 3.28. The van der Waals surface area contributed by atoms with Crippen LogP contribution in [-0.2, 0) is 17.7 Å². The minimum Gasteiger partial charge on any atom is -0.469 e. The van der Waals surface area contributed by atoms with Crippen LogP contribution in [0.3, 0.4) is 0 Å². The van der Waals surface area contributed by atoms with Crippen LogP contribution in [0.5, 0.6) is 0 Å². The largest absolute Gasteiger partial charge is 0.469 e. The van der Waals surface area contributed by atoms with Crippen molar-refractivity contribution in [2.45, 2.75) is 33.2 Å². The SMILES string of the molecule is CC(C)COCCCNC(=NCc1cccs1)NCCc1ccco1.I. The van der Waals surface area contributed by atoms with Crippen molar-refractivity contribution >= 4 is 41.3 Å². The van der Waals surface area contributed by atoms with Gasteiger partial charge in [0.2, 0.25) is 0 Å². The number of guanidine groups is 1. The number of nitrogens with zero attached hydrogens (tertiary/aromatic N) is 1. The third kappa shape index (κ3) is 10.2. The summed E-state index contributed by atoms with van der Waals surface area (Å²) < 4.78 is 11.0. The van der Waals surface area contributed by atoms with Crippen molar-refractivity contribution in [1.29, 1.82) is 0 Å². The van der Waals surface area contributed by atoms with E-state index >= 15 is 0 Å². The fourth-order valence-corrected chi connectivity index (χ4v) is 2.82. The zero-order chi connectivity index (χ0) is 17.7. The van der Waals surface area contributed by atoms with Gasteiger partial charge < -0.3 is 19.8 Å². The summed E-state index contributed by atoms with van der Waals surface area (Å²) in [6.07, 6.45) is 3.51. The highest BCUT2D eigenvalue weighted by atomic mass is 127. The number of aliphatic imine (C=N–C) groups is 1. The smallest absolute Gasteiger partial charge is 0.191 e. The molecule has 2 N–H and O–H groups in total. The second kappa shape index (κ2) is 14.1. The Kier molecular flexibility index (Phi) is 12.4. The summed E-state index contributed by atoms with van der Waals surface area (Å²) in [6, 6.07) is 8.06. The van der Waals surface area contributed by atoms with E-state index in [-0.39, 0.29) is 24.0 Å². The molecule has 0 radical (unpaired) electrons. The van der Waals surface area contributed by atoms with Crippen molar-refractivity contribution in [3.8, 4) is 0 Å². The molecule has 26 heavy (non-hydrogen) atoms.